The number of carbonyl (C=O) groups excluding carboxylic acids is 2. The standard InChI is InChI=1S/C21H23NO3/c1-4-22(5-2)17-13-18(23)16-8-6-7-14(19(16)20(17)24)11-12-21(3,25)15-9-10-15/h6-8,13,15,25H,4-5,9-10H2,1-3H3. The highest BCUT2D eigenvalue weighted by Gasteiger charge is 2.38. The van der Waals surface area contributed by atoms with Crippen LogP contribution >= 0.6 is 0 Å². The average molecular weight is 337 g/mol. The fraction of sp³-hybridized carbons (Fsp3) is 0.429. The van der Waals surface area contributed by atoms with Crippen molar-refractivity contribution in [1.29, 1.82) is 0 Å². The number of allylic oxidation sites excluding steroid dienone is 2. The molecule has 1 fully saturated rings. The number of likely N-dealkylation sites (N-methyl/N-ethyl adjacent to an activating group) is 1. The molecule has 4 heteroatoms. The lowest BCUT2D eigenvalue weighted by Crippen LogP contribution is -2.32. The molecule has 1 N–H and O–H groups in total. The Balaban J connectivity index is 2.05. The number of carbonyl (C=O) groups is 2. The van der Waals surface area contributed by atoms with Crippen LogP contribution in [-0.2, 0) is 0 Å². The van der Waals surface area contributed by atoms with E-state index >= 15 is 0 Å². The van der Waals surface area contributed by atoms with Crippen molar-refractivity contribution in [2.75, 3.05) is 13.1 Å². The molecule has 2 aliphatic rings. The second-order valence-corrected chi connectivity index (χ2v) is 6.80. The SMILES string of the molecule is CCN(CC)C1=CC(=O)c2cccc(C#CC(C)(O)C3CC3)c2C1=O. The Morgan fingerprint density at radius 2 is 1.92 bits per heavy atom. The Labute approximate surface area is 148 Å². The number of benzene rings is 1. The van der Waals surface area contributed by atoms with Gasteiger partial charge in [-0.2, -0.15) is 0 Å². The van der Waals surface area contributed by atoms with Gasteiger partial charge in [0, 0.05) is 30.3 Å². The fourth-order valence-corrected chi connectivity index (χ4v) is 3.24. The van der Waals surface area contributed by atoms with Crippen LogP contribution in [0.2, 0.25) is 0 Å². The molecular weight excluding hydrogens is 314 g/mol. The average Bonchev–Trinajstić information content (AvgIpc) is 3.44. The van der Waals surface area contributed by atoms with Gasteiger partial charge in [-0.3, -0.25) is 9.59 Å². The first kappa shape index (κ1) is 17.4. The van der Waals surface area contributed by atoms with Crippen LogP contribution in [0.3, 0.4) is 0 Å². The highest BCUT2D eigenvalue weighted by Crippen LogP contribution is 2.39. The highest BCUT2D eigenvalue weighted by atomic mass is 16.3. The molecule has 4 nitrogen and oxygen atoms in total. The first-order valence-electron chi connectivity index (χ1n) is 8.83. The van der Waals surface area contributed by atoms with E-state index in [-0.39, 0.29) is 17.5 Å². The molecule has 1 aromatic rings. The van der Waals surface area contributed by atoms with Crippen LogP contribution in [-0.4, -0.2) is 40.3 Å². The molecule has 25 heavy (non-hydrogen) atoms. The maximum atomic E-state index is 13.0. The van der Waals surface area contributed by atoms with E-state index in [1.807, 2.05) is 18.7 Å². The van der Waals surface area contributed by atoms with Crippen molar-refractivity contribution in [3.63, 3.8) is 0 Å². The first-order chi connectivity index (χ1) is 11.9. The molecule has 0 aliphatic heterocycles. The first-order valence-corrected chi connectivity index (χ1v) is 8.83. The third kappa shape index (κ3) is 3.25. The monoisotopic (exact) mass is 337 g/mol. The molecule has 0 aromatic heterocycles. The van der Waals surface area contributed by atoms with Crippen LogP contribution in [0, 0.1) is 17.8 Å². The molecule has 0 heterocycles. The van der Waals surface area contributed by atoms with Gasteiger partial charge in [-0.05, 0) is 45.6 Å². The topological polar surface area (TPSA) is 57.6 Å². The van der Waals surface area contributed by atoms with Gasteiger partial charge in [0.2, 0.25) is 5.78 Å². The zero-order chi connectivity index (χ0) is 18.2. The second-order valence-electron chi connectivity index (χ2n) is 6.80. The van der Waals surface area contributed by atoms with E-state index < -0.39 is 5.60 Å². The molecule has 0 spiro atoms. The summed E-state index contributed by atoms with van der Waals surface area (Å²) in [5.41, 5.74) is 0.622. The Bertz CT molecular complexity index is 815. The summed E-state index contributed by atoms with van der Waals surface area (Å²) in [6.07, 6.45) is 3.37. The largest absolute Gasteiger partial charge is 0.378 e. The molecule has 1 atom stereocenters. The molecular formula is C21H23NO3. The third-order valence-electron chi connectivity index (χ3n) is 4.98. The van der Waals surface area contributed by atoms with E-state index in [1.165, 1.54) is 6.08 Å². The maximum absolute atomic E-state index is 13.0. The molecule has 3 rings (SSSR count). The fourth-order valence-electron chi connectivity index (χ4n) is 3.24. The maximum Gasteiger partial charge on any atom is 0.211 e. The van der Waals surface area contributed by atoms with E-state index in [9.17, 15) is 14.7 Å². The molecule has 130 valence electrons. The Hall–Kier alpha value is -2.38. The van der Waals surface area contributed by atoms with E-state index in [1.54, 1.807) is 25.1 Å². The van der Waals surface area contributed by atoms with E-state index in [2.05, 4.69) is 11.8 Å². The van der Waals surface area contributed by atoms with Crippen molar-refractivity contribution in [3.8, 4) is 11.8 Å². The van der Waals surface area contributed by atoms with Crippen LogP contribution in [0.15, 0.2) is 30.0 Å². The molecule has 1 aromatic carbocycles. The molecule has 0 bridgehead atoms. The Morgan fingerprint density at radius 1 is 1.24 bits per heavy atom. The number of ketones is 2. The van der Waals surface area contributed by atoms with Crippen molar-refractivity contribution >= 4 is 11.6 Å². The second kappa shape index (κ2) is 6.50. The van der Waals surface area contributed by atoms with E-state index in [0.29, 0.717) is 35.5 Å². The predicted octanol–water partition coefficient (Wildman–Crippen LogP) is 2.80. The lowest BCUT2D eigenvalue weighted by molar-refractivity contribution is 0.0952. The molecule has 0 radical (unpaired) electrons. The van der Waals surface area contributed by atoms with E-state index in [4.69, 9.17) is 0 Å². The van der Waals surface area contributed by atoms with Crippen LogP contribution in [0.4, 0.5) is 0 Å². The Kier molecular flexibility index (Phi) is 4.53. The van der Waals surface area contributed by atoms with Gasteiger partial charge in [-0.1, -0.05) is 24.0 Å². The number of rotatable bonds is 4. The molecule has 2 aliphatic carbocycles. The van der Waals surface area contributed by atoms with Gasteiger partial charge < -0.3 is 10.0 Å². The minimum absolute atomic E-state index is 0.172. The molecule has 0 saturated heterocycles. The quantitative estimate of drug-likeness (QED) is 0.859. The molecule has 1 unspecified atom stereocenters. The summed E-state index contributed by atoms with van der Waals surface area (Å²) in [7, 11) is 0. The van der Waals surface area contributed by atoms with Crippen molar-refractivity contribution in [2.45, 2.75) is 39.2 Å². The summed E-state index contributed by atoms with van der Waals surface area (Å²) in [5, 5.41) is 10.4. The van der Waals surface area contributed by atoms with Crippen molar-refractivity contribution in [1.82, 2.24) is 4.90 Å². The number of nitrogens with zero attached hydrogens (tertiary/aromatic N) is 1. The lowest BCUT2D eigenvalue weighted by atomic mass is 9.88. The predicted molar refractivity (Wildman–Crippen MR) is 96.3 cm³/mol. The van der Waals surface area contributed by atoms with Crippen molar-refractivity contribution in [3.05, 3.63) is 46.7 Å². The number of Topliss-reactive ketones (excluding diaryl/α,β-unsaturated/α-hetero) is 1. The van der Waals surface area contributed by atoms with Crippen LogP contribution in [0.25, 0.3) is 0 Å². The minimum Gasteiger partial charge on any atom is -0.378 e. The van der Waals surface area contributed by atoms with Gasteiger partial charge in [-0.15, -0.1) is 0 Å². The third-order valence-corrected chi connectivity index (χ3v) is 4.98. The van der Waals surface area contributed by atoms with Gasteiger partial charge in [0.15, 0.2) is 5.78 Å². The summed E-state index contributed by atoms with van der Waals surface area (Å²) in [6, 6.07) is 5.14. The highest BCUT2D eigenvalue weighted by molar-refractivity contribution is 6.25. The normalized spacial score (nSPS) is 18.6. The van der Waals surface area contributed by atoms with Crippen molar-refractivity contribution in [2.24, 2.45) is 5.92 Å². The zero-order valence-electron chi connectivity index (χ0n) is 14.9. The lowest BCUT2D eigenvalue weighted by Gasteiger charge is -2.26. The number of fused-ring (bicyclic) bond motifs is 1. The number of aliphatic hydroxyl groups is 1. The minimum atomic E-state index is -1.05. The van der Waals surface area contributed by atoms with Crippen molar-refractivity contribution < 1.29 is 14.7 Å². The zero-order valence-corrected chi connectivity index (χ0v) is 14.9. The molecule has 0 amide bonds. The summed E-state index contributed by atoms with van der Waals surface area (Å²) in [5.74, 6) is 5.72. The summed E-state index contributed by atoms with van der Waals surface area (Å²) < 4.78 is 0. The Morgan fingerprint density at radius 3 is 2.52 bits per heavy atom. The van der Waals surface area contributed by atoms with Crippen LogP contribution in [0.1, 0.15) is 59.9 Å². The van der Waals surface area contributed by atoms with Gasteiger partial charge in [0.25, 0.3) is 0 Å². The van der Waals surface area contributed by atoms with Gasteiger partial charge in [0.05, 0.1) is 11.3 Å². The number of hydrogen-bond acceptors (Lipinski definition) is 4. The van der Waals surface area contributed by atoms with Gasteiger partial charge in [0.1, 0.15) is 5.60 Å². The van der Waals surface area contributed by atoms with Gasteiger partial charge >= 0.3 is 0 Å². The molecule has 1 saturated carbocycles. The van der Waals surface area contributed by atoms with Gasteiger partial charge in [-0.25, -0.2) is 0 Å². The summed E-state index contributed by atoms with van der Waals surface area (Å²) in [6.45, 7) is 6.93. The van der Waals surface area contributed by atoms with E-state index in [0.717, 1.165) is 12.8 Å². The van der Waals surface area contributed by atoms with Crippen LogP contribution in [0.5, 0.6) is 0 Å². The smallest absolute Gasteiger partial charge is 0.211 e. The van der Waals surface area contributed by atoms with Crippen LogP contribution < -0.4 is 0 Å². The number of hydrogen-bond donors (Lipinski definition) is 1. The summed E-state index contributed by atoms with van der Waals surface area (Å²) >= 11 is 0. The summed E-state index contributed by atoms with van der Waals surface area (Å²) in [4.78, 5) is 27.4.